The first-order chi connectivity index (χ1) is 11.5. The molecule has 1 aromatic heterocycles. The van der Waals surface area contributed by atoms with Crippen molar-refractivity contribution in [3.8, 4) is 0 Å². The van der Waals surface area contributed by atoms with Crippen molar-refractivity contribution >= 4 is 0 Å². The second-order valence-electron chi connectivity index (χ2n) is 6.37. The lowest BCUT2D eigenvalue weighted by Gasteiger charge is -2.35. The molecule has 0 bridgehead atoms. The molecular formula is C17H24FN5O. The highest BCUT2D eigenvalue weighted by Crippen LogP contribution is 2.16. The zero-order valence-electron chi connectivity index (χ0n) is 14.2. The van der Waals surface area contributed by atoms with Crippen molar-refractivity contribution in [2.24, 2.45) is 7.05 Å². The Morgan fingerprint density at radius 3 is 2.29 bits per heavy atom. The third-order valence-electron chi connectivity index (χ3n) is 4.70. The molecule has 1 saturated heterocycles. The van der Waals surface area contributed by atoms with Gasteiger partial charge in [-0.2, -0.15) is 0 Å². The van der Waals surface area contributed by atoms with E-state index in [2.05, 4.69) is 20.0 Å². The lowest BCUT2D eigenvalue weighted by atomic mass is 10.1. The van der Waals surface area contributed by atoms with Crippen LogP contribution in [0.5, 0.6) is 0 Å². The fraction of sp³-hybridized carbons (Fsp3) is 0.529. The Balaban J connectivity index is 1.48. The maximum atomic E-state index is 13.0. The van der Waals surface area contributed by atoms with Gasteiger partial charge in [-0.05, 0) is 24.6 Å². The molecule has 0 radical (unpaired) electrons. The Labute approximate surface area is 141 Å². The number of aromatic nitrogens is 3. The summed E-state index contributed by atoms with van der Waals surface area (Å²) in [6.07, 6.45) is -0.585. The van der Waals surface area contributed by atoms with E-state index in [1.165, 1.54) is 12.1 Å². The molecular weight excluding hydrogens is 309 g/mol. The van der Waals surface area contributed by atoms with Crippen LogP contribution in [0, 0.1) is 12.7 Å². The molecule has 0 unspecified atom stereocenters. The minimum atomic E-state index is -0.585. The van der Waals surface area contributed by atoms with E-state index >= 15 is 0 Å². The number of aliphatic hydroxyl groups is 1. The molecule has 1 aliphatic rings. The van der Waals surface area contributed by atoms with Crippen molar-refractivity contribution < 1.29 is 9.50 Å². The molecule has 2 aromatic rings. The Kier molecular flexibility index (Phi) is 5.23. The van der Waals surface area contributed by atoms with E-state index in [1.807, 2.05) is 18.5 Å². The lowest BCUT2D eigenvalue weighted by molar-refractivity contribution is 0.0689. The summed E-state index contributed by atoms with van der Waals surface area (Å²) in [7, 11) is 1.99. The highest BCUT2D eigenvalue weighted by molar-refractivity contribution is 5.18. The third-order valence-corrected chi connectivity index (χ3v) is 4.70. The fourth-order valence-corrected chi connectivity index (χ4v) is 2.95. The van der Waals surface area contributed by atoms with Crippen LogP contribution in [0.3, 0.4) is 0 Å². The first-order valence-electron chi connectivity index (χ1n) is 8.26. The molecule has 130 valence electrons. The Morgan fingerprint density at radius 2 is 1.71 bits per heavy atom. The summed E-state index contributed by atoms with van der Waals surface area (Å²) >= 11 is 0. The van der Waals surface area contributed by atoms with E-state index in [0.717, 1.165) is 49.9 Å². The van der Waals surface area contributed by atoms with Crippen LogP contribution < -0.4 is 0 Å². The third kappa shape index (κ3) is 3.98. The summed E-state index contributed by atoms with van der Waals surface area (Å²) in [5.74, 6) is 1.62. The van der Waals surface area contributed by atoms with Gasteiger partial charge in [-0.15, -0.1) is 10.2 Å². The van der Waals surface area contributed by atoms with Gasteiger partial charge < -0.3 is 9.67 Å². The van der Waals surface area contributed by atoms with Gasteiger partial charge in [-0.3, -0.25) is 9.80 Å². The van der Waals surface area contributed by atoms with Gasteiger partial charge >= 0.3 is 0 Å². The van der Waals surface area contributed by atoms with Crippen molar-refractivity contribution in [2.75, 3.05) is 32.7 Å². The van der Waals surface area contributed by atoms with Gasteiger partial charge in [0.05, 0.1) is 12.6 Å². The van der Waals surface area contributed by atoms with E-state index in [1.54, 1.807) is 12.1 Å². The van der Waals surface area contributed by atoms with E-state index in [9.17, 15) is 9.50 Å². The average molecular weight is 333 g/mol. The maximum Gasteiger partial charge on any atom is 0.146 e. The van der Waals surface area contributed by atoms with Crippen LogP contribution in [0.1, 0.15) is 23.3 Å². The Hall–Kier alpha value is -1.83. The number of aryl methyl sites for hydroxylation is 1. The van der Waals surface area contributed by atoms with E-state index < -0.39 is 6.10 Å². The molecule has 0 aliphatic carbocycles. The number of β-amino-alcohol motifs (C(OH)–C–C–N with tert-alkyl or cyclic N) is 1. The van der Waals surface area contributed by atoms with E-state index in [-0.39, 0.29) is 5.82 Å². The van der Waals surface area contributed by atoms with E-state index in [0.29, 0.717) is 6.54 Å². The molecule has 3 rings (SSSR count). The van der Waals surface area contributed by atoms with Crippen LogP contribution in [0.15, 0.2) is 24.3 Å². The monoisotopic (exact) mass is 333 g/mol. The molecule has 1 N–H and O–H groups in total. The first-order valence-corrected chi connectivity index (χ1v) is 8.26. The van der Waals surface area contributed by atoms with Crippen LogP contribution in [0.2, 0.25) is 0 Å². The molecule has 0 amide bonds. The minimum Gasteiger partial charge on any atom is -0.387 e. The van der Waals surface area contributed by atoms with Crippen LogP contribution in [0.25, 0.3) is 0 Å². The van der Waals surface area contributed by atoms with Gasteiger partial charge in [-0.25, -0.2) is 4.39 Å². The smallest absolute Gasteiger partial charge is 0.146 e. The predicted molar refractivity (Wildman–Crippen MR) is 88.8 cm³/mol. The fourth-order valence-electron chi connectivity index (χ4n) is 2.95. The van der Waals surface area contributed by atoms with Crippen molar-refractivity contribution in [2.45, 2.75) is 19.6 Å². The molecule has 1 atom stereocenters. The molecule has 0 saturated carbocycles. The summed E-state index contributed by atoms with van der Waals surface area (Å²) in [5.41, 5.74) is 0.758. The molecule has 24 heavy (non-hydrogen) atoms. The molecule has 0 spiro atoms. The lowest BCUT2D eigenvalue weighted by Crippen LogP contribution is -2.47. The summed E-state index contributed by atoms with van der Waals surface area (Å²) in [4.78, 5) is 4.59. The molecule has 1 fully saturated rings. The number of halogens is 1. The van der Waals surface area contributed by atoms with Gasteiger partial charge in [0.25, 0.3) is 0 Å². The summed E-state index contributed by atoms with van der Waals surface area (Å²) in [6.45, 7) is 6.98. The maximum absolute atomic E-state index is 13.0. The van der Waals surface area contributed by atoms with E-state index in [4.69, 9.17) is 0 Å². The minimum absolute atomic E-state index is 0.279. The van der Waals surface area contributed by atoms with Crippen LogP contribution in [-0.2, 0) is 13.6 Å². The summed E-state index contributed by atoms with van der Waals surface area (Å²) in [6, 6.07) is 6.07. The largest absolute Gasteiger partial charge is 0.387 e. The van der Waals surface area contributed by atoms with Crippen LogP contribution in [-0.4, -0.2) is 62.4 Å². The first kappa shape index (κ1) is 17.0. The number of nitrogens with zero attached hydrogens (tertiary/aromatic N) is 5. The Morgan fingerprint density at radius 1 is 1.08 bits per heavy atom. The van der Waals surface area contributed by atoms with Gasteiger partial charge in [-0.1, -0.05) is 12.1 Å². The summed E-state index contributed by atoms with van der Waals surface area (Å²) < 4.78 is 15.0. The zero-order valence-corrected chi connectivity index (χ0v) is 14.2. The topological polar surface area (TPSA) is 57.4 Å². The van der Waals surface area contributed by atoms with Crippen LogP contribution in [0.4, 0.5) is 4.39 Å². The molecule has 6 nitrogen and oxygen atoms in total. The summed E-state index contributed by atoms with van der Waals surface area (Å²) in [5, 5.41) is 18.6. The zero-order chi connectivity index (χ0) is 17.1. The number of rotatable bonds is 5. The number of aliphatic hydroxyl groups excluding tert-OH is 1. The number of benzene rings is 1. The van der Waals surface area contributed by atoms with Gasteiger partial charge in [0.1, 0.15) is 17.5 Å². The molecule has 7 heteroatoms. The van der Waals surface area contributed by atoms with Crippen molar-refractivity contribution in [1.29, 1.82) is 0 Å². The average Bonchev–Trinajstić information content (AvgIpc) is 2.89. The molecule has 2 heterocycles. The standard InChI is InChI=1S/C17H24FN5O/c1-13-19-20-17(21(13)2)12-23-9-7-22(8-10-23)11-16(24)14-3-5-15(18)6-4-14/h3-6,16,24H,7-12H2,1-2H3/t16-/m0/s1. The number of hydrogen-bond acceptors (Lipinski definition) is 5. The predicted octanol–water partition coefficient (Wildman–Crippen LogP) is 1.11. The van der Waals surface area contributed by atoms with Crippen molar-refractivity contribution in [3.63, 3.8) is 0 Å². The number of piperazine rings is 1. The highest BCUT2D eigenvalue weighted by atomic mass is 19.1. The Bertz CT molecular complexity index is 664. The quantitative estimate of drug-likeness (QED) is 0.888. The normalized spacial score (nSPS) is 18.0. The molecule has 1 aliphatic heterocycles. The van der Waals surface area contributed by atoms with Crippen molar-refractivity contribution in [3.05, 3.63) is 47.3 Å². The van der Waals surface area contributed by atoms with Gasteiger partial charge in [0.15, 0.2) is 0 Å². The molecule has 1 aromatic carbocycles. The highest BCUT2D eigenvalue weighted by Gasteiger charge is 2.21. The van der Waals surface area contributed by atoms with Crippen LogP contribution >= 0.6 is 0 Å². The van der Waals surface area contributed by atoms with Gasteiger partial charge in [0, 0.05) is 39.8 Å². The van der Waals surface area contributed by atoms with Gasteiger partial charge in [0.2, 0.25) is 0 Å². The second-order valence-corrected chi connectivity index (χ2v) is 6.37. The SMILES string of the molecule is Cc1nnc(CN2CCN(C[C@H](O)c3ccc(F)cc3)CC2)n1C. The number of hydrogen-bond donors (Lipinski definition) is 1. The second kappa shape index (κ2) is 7.38. The van der Waals surface area contributed by atoms with Crippen molar-refractivity contribution in [1.82, 2.24) is 24.6 Å².